The number of nitrogens with zero attached hydrogens (tertiary/aromatic N) is 1. The Morgan fingerprint density at radius 3 is 2.56 bits per heavy atom. The van der Waals surface area contributed by atoms with Crippen LogP contribution in [-0.2, 0) is 21.9 Å². The van der Waals surface area contributed by atoms with Crippen LogP contribution in [0.3, 0.4) is 0 Å². The van der Waals surface area contributed by atoms with Crippen LogP contribution >= 0.6 is 35.0 Å². The highest BCUT2D eigenvalue weighted by atomic mass is 35.5. The third kappa shape index (κ3) is 7.93. The Morgan fingerprint density at radius 1 is 1.12 bits per heavy atom. The highest BCUT2D eigenvalue weighted by Crippen LogP contribution is 2.25. The molecule has 0 aliphatic heterocycles. The second-order valence-corrected chi connectivity index (χ2v) is 10.8. The van der Waals surface area contributed by atoms with E-state index in [1.54, 1.807) is 28.8 Å². The van der Waals surface area contributed by atoms with Crippen LogP contribution in [0.5, 0.6) is 0 Å². The minimum absolute atomic E-state index is 0.0608. The van der Waals surface area contributed by atoms with Gasteiger partial charge in [0.2, 0.25) is 11.8 Å². The van der Waals surface area contributed by atoms with Crippen molar-refractivity contribution in [3.63, 3.8) is 0 Å². The van der Waals surface area contributed by atoms with Gasteiger partial charge in [0.15, 0.2) is 0 Å². The van der Waals surface area contributed by atoms with E-state index in [9.17, 15) is 9.59 Å². The number of carbonyl (C=O) groups excluding carboxylic acids is 2. The third-order valence-corrected chi connectivity index (χ3v) is 7.85. The Labute approximate surface area is 217 Å². The standard InChI is InChI=1S/C27H34Cl2N2O2S/c1-3-25(27(33)30-23-10-5-4-6-11-23)31(16-21-12-13-22(28)15-24(21)29)26(32)18-34-17-20-9-7-8-19(2)14-20/h7-9,12-15,23,25H,3-6,10-11,16-18H2,1-2H3,(H,30,33). The fourth-order valence-electron chi connectivity index (χ4n) is 4.44. The van der Waals surface area contributed by atoms with Gasteiger partial charge in [0.25, 0.3) is 0 Å². The number of benzene rings is 2. The summed E-state index contributed by atoms with van der Waals surface area (Å²) >= 11 is 14.1. The number of rotatable bonds is 10. The van der Waals surface area contributed by atoms with E-state index in [-0.39, 0.29) is 24.4 Å². The second-order valence-electron chi connectivity index (χ2n) is 9.01. The van der Waals surface area contributed by atoms with E-state index in [2.05, 4.69) is 30.4 Å². The lowest BCUT2D eigenvalue weighted by Gasteiger charge is -2.33. The third-order valence-electron chi connectivity index (χ3n) is 6.27. The molecular weight excluding hydrogens is 487 g/mol. The number of hydrogen-bond donors (Lipinski definition) is 1. The summed E-state index contributed by atoms with van der Waals surface area (Å²) in [6.07, 6.45) is 6.05. The summed E-state index contributed by atoms with van der Waals surface area (Å²) in [6, 6.07) is 13.2. The summed E-state index contributed by atoms with van der Waals surface area (Å²) in [5, 5.41) is 4.25. The molecule has 1 aliphatic rings. The summed E-state index contributed by atoms with van der Waals surface area (Å²) in [5.41, 5.74) is 3.17. The molecule has 3 rings (SSSR count). The van der Waals surface area contributed by atoms with Crippen molar-refractivity contribution in [3.8, 4) is 0 Å². The predicted octanol–water partition coefficient (Wildman–Crippen LogP) is 6.79. The SMILES string of the molecule is CCC(C(=O)NC1CCCCC1)N(Cc1ccc(Cl)cc1Cl)C(=O)CSCc1cccc(C)c1. The molecule has 2 amide bonds. The molecule has 2 aromatic carbocycles. The van der Waals surface area contributed by atoms with E-state index in [1.165, 1.54) is 17.5 Å². The summed E-state index contributed by atoms with van der Waals surface area (Å²) in [4.78, 5) is 28.4. The van der Waals surface area contributed by atoms with Crippen molar-refractivity contribution in [3.05, 3.63) is 69.2 Å². The van der Waals surface area contributed by atoms with Crippen LogP contribution in [0.2, 0.25) is 10.0 Å². The number of nitrogens with one attached hydrogen (secondary N) is 1. The molecule has 0 radical (unpaired) electrons. The maximum Gasteiger partial charge on any atom is 0.243 e. The van der Waals surface area contributed by atoms with Crippen molar-refractivity contribution < 1.29 is 9.59 Å². The summed E-state index contributed by atoms with van der Waals surface area (Å²) in [7, 11) is 0. The molecule has 0 saturated heterocycles. The number of carbonyl (C=O) groups is 2. The van der Waals surface area contributed by atoms with E-state index in [1.807, 2.05) is 19.1 Å². The molecule has 1 fully saturated rings. The van der Waals surface area contributed by atoms with E-state index < -0.39 is 6.04 Å². The van der Waals surface area contributed by atoms with E-state index in [0.29, 0.717) is 22.2 Å². The average Bonchev–Trinajstić information content (AvgIpc) is 2.81. The molecule has 34 heavy (non-hydrogen) atoms. The summed E-state index contributed by atoms with van der Waals surface area (Å²) in [6.45, 7) is 4.29. The molecule has 0 heterocycles. The van der Waals surface area contributed by atoms with Gasteiger partial charge in [0, 0.05) is 28.4 Å². The molecule has 4 nitrogen and oxygen atoms in total. The molecule has 0 aromatic heterocycles. The van der Waals surface area contributed by atoms with Gasteiger partial charge in [-0.3, -0.25) is 9.59 Å². The van der Waals surface area contributed by atoms with Crippen LogP contribution in [-0.4, -0.2) is 34.6 Å². The molecule has 1 saturated carbocycles. The second kappa shape index (κ2) is 13.4. The average molecular weight is 522 g/mol. The van der Waals surface area contributed by atoms with Crippen molar-refractivity contribution in [2.75, 3.05) is 5.75 Å². The van der Waals surface area contributed by atoms with Crippen molar-refractivity contribution >= 4 is 46.8 Å². The molecule has 1 aliphatic carbocycles. The Kier molecular flexibility index (Phi) is 10.6. The summed E-state index contributed by atoms with van der Waals surface area (Å²) < 4.78 is 0. The highest BCUT2D eigenvalue weighted by Gasteiger charge is 2.30. The lowest BCUT2D eigenvalue weighted by molar-refractivity contribution is -0.139. The number of thioether (sulfide) groups is 1. The van der Waals surface area contributed by atoms with Gasteiger partial charge in [-0.05, 0) is 49.4 Å². The van der Waals surface area contributed by atoms with Crippen LogP contribution in [0.4, 0.5) is 0 Å². The first kappa shape index (κ1) is 26.9. The molecule has 0 bridgehead atoms. The molecule has 7 heteroatoms. The van der Waals surface area contributed by atoms with Gasteiger partial charge in [0.05, 0.1) is 5.75 Å². The van der Waals surface area contributed by atoms with E-state index >= 15 is 0 Å². The fraction of sp³-hybridized carbons (Fsp3) is 0.481. The molecular formula is C27H34Cl2N2O2S. The van der Waals surface area contributed by atoms with Crippen molar-refractivity contribution in [1.29, 1.82) is 0 Å². The predicted molar refractivity (Wildman–Crippen MR) is 143 cm³/mol. The first-order chi connectivity index (χ1) is 16.4. The van der Waals surface area contributed by atoms with Crippen LogP contribution in [0.15, 0.2) is 42.5 Å². The molecule has 1 N–H and O–H groups in total. The first-order valence-corrected chi connectivity index (χ1v) is 14.0. The van der Waals surface area contributed by atoms with Gasteiger partial charge in [-0.25, -0.2) is 0 Å². The van der Waals surface area contributed by atoms with E-state index in [0.717, 1.165) is 37.0 Å². The number of amides is 2. The Balaban J connectivity index is 1.73. The maximum absolute atomic E-state index is 13.4. The number of hydrogen-bond acceptors (Lipinski definition) is 3. The lowest BCUT2D eigenvalue weighted by atomic mass is 9.95. The van der Waals surface area contributed by atoms with Gasteiger partial charge in [-0.15, -0.1) is 11.8 Å². The number of halogens is 2. The minimum Gasteiger partial charge on any atom is -0.352 e. The molecule has 1 unspecified atom stereocenters. The van der Waals surface area contributed by atoms with Gasteiger partial charge in [0.1, 0.15) is 6.04 Å². The van der Waals surface area contributed by atoms with Crippen molar-refractivity contribution in [1.82, 2.24) is 10.2 Å². The first-order valence-electron chi connectivity index (χ1n) is 12.0. The Bertz CT molecular complexity index is 979. The van der Waals surface area contributed by atoms with Crippen LogP contribution in [0.25, 0.3) is 0 Å². The smallest absolute Gasteiger partial charge is 0.243 e. The quantitative estimate of drug-likeness (QED) is 0.375. The van der Waals surface area contributed by atoms with Gasteiger partial charge < -0.3 is 10.2 Å². The van der Waals surface area contributed by atoms with Gasteiger partial charge in [-0.2, -0.15) is 0 Å². The molecule has 2 aromatic rings. The zero-order valence-corrected chi connectivity index (χ0v) is 22.3. The fourth-order valence-corrected chi connectivity index (χ4v) is 5.76. The van der Waals surface area contributed by atoms with Crippen LogP contribution < -0.4 is 5.32 Å². The monoisotopic (exact) mass is 520 g/mol. The van der Waals surface area contributed by atoms with Gasteiger partial charge in [-0.1, -0.05) is 85.3 Å². The Hall–Kier alpha value is -1.69. The van der Waals surface area contributed by atoms with Crippen molar-refractivity contribution in [2.45, 2.75) is 76.8 Å². The normalized spacial score (nSPS) is 15.1. The maximum atomic E-state index is 13.4. The Morgan fingerprint density at radius 2 is 1.88 bits per heavy atom. The number of aryl methyl sites for hydroxylation is 1. The van der Waals surface area contributed by atoms with Crippen LogP contribution in [0.1, 0.15) is 62.1 Å². The summed E-state index contributed by atoms with van der Waals surface area (Å²) in [5.74, 6) is 0.909. The largest absolute Gasteiger partial charge is 0.352 e. The zero-order valence-electron chi connectivity index (χ0n) is 20.0. The zero-order chi connectivity index (χ0) is 24.5. The molecule has 0 spiro atoms. The highest BCUT2D eigenvalue weighted by molar-refractivity contribution is 7.99. The van der Waals surface area contributed by atoms with Crippen molar-refractivity contribution in [2.24, 2.45) is 0 Å². The molecule has 1 atom stereocenters. The molecule has 184 valence electrons. The minimum atomic E-state index is -0.541. The van der Waals surface area contributed by atoms with Gasteiger partial charge >= 0.3 is 0 Å². The lowest BCUT2D eigenvalue weighted by Crippen LogP contribution is -2.52. The van der Waals surface area contributed by atoms with E-state index in [4.69, 9.17) is 23.2 Å². The topological polar surface area (TPSA) is 49.4 Å². The van der Waals surface area contributed by atoms with Crippen LogP contribution in [0, 0.1) is 6.92 Å².